The number of hydrogen-bond donors (Lipinski definition) is 1. The lowest BCUT2D eigenvalue weighted by Gasteiger charge is -2.04. The third-order valence-corrected chi connectivity index (χ3v) is 5.87. The number of benzene rings is 1. The Bertz CT molecular complexity index is 1000. The van der Waals surface area contributed by atoms with Gasteiger partial charge in [0, 0.05) is 6.20 Å². The van der Waals surface area contributed by atoms with Gasteiger partial charge in [-0.25, -0.2) is 9.97 Å². The monoisotopic (exact) mass is 351 g/mol. The number of amides is 1. The molecule has 0 bridgehead atoms. The van der Waals surface area contributed by atoms with Gasteiger partial charge in [-0.1, -0.05) is 18.2 Å². The van der Waals surface area contributed by atoms with Gasteiger partial charge in [0.05, 0.1) is 20.0 Å². The normalized spacial score (nSPS) is 10.9. The number of aryl methyl sites for hydroxylation is 1. The largest absolute Gasteiger partial charge is 0.306 e. The van der Waals surface area contributed by atoms with Crippen LogP contribution in [0.15, 0.2) is 54.7 Å². The highest BCUT2D eigenvalue weighted by Crippen LogP contribution is 2.34. The summed E-state index contributed by atoms with van der Waals surface area (Å²) in [5.41, 5.74) is 1.93. The average molecular weight is 351 g/mol. The number of rotatable bonds is 3. The maximum atomic E-state index is 12.4. The van der Waals surface area contributed by atoms with Crippen LogP contribution in [0.3, 0.4) is 0 Å². The predicted molar refractivity (Wildman–Crippen MR) is 99.9 cm³/mol. The third kappa shape index (κ3) is 2.81. The van der Waals surface area contributed by atoms with Gasteiger partial charge in [-0.15, -0.1) is 22.7 Å². The van der Waals surface area contributed by atoms with Crippen molar-refractivity contribution < 1.29 is 4.79 Å². The molecule has 1 N–H and O–H groups in total. The molecule has 0 unspecified atom stereocenters. The number of carbonyl (C=O) groups excluding carboxylic acids is 1. The van der Waals surface area contributed by atoms with E-state index in [-0.39, 0.29) is 5.91 Å². The Morgan fingerprint density at radius 1 is 1.04 bits per heavy atom. The molecule has 0 aliphatic rings. The molecule has 0 atom stereocenters. The lowest BCUT2D eigenvalue weighted by molar-refractivity contribution is 0.103. The van der Waals surface area contributed by atoms with E-state index in [9.17, 15) is 4.79 Å². The number of thiazole rings is 1. The Morgan fingerprint density at radius 2 is 1.92 bits per heavy atom. The lowest BCUT2D eigenvalue weighted by Crippen LogP contribution is -2.12. The molecule has 4 nitrogen and oxygen atoms in total. The first-order valence-electron chi connectivity index (χ1n) is 7.39. The SMILES string of the molecule is Cc1cccnc1NC(=O)c1ccc(-c2nc3ccccc3s2)s1. The maximum Gasteiger partial charge on any atom is 0.266 e. The summed E-state index contributed by atoms with van der Waals surface area (Å²) in [7, 11) is 0. The average Bonchev–Trinajstić information content (AvgIpc) is 3.23. The second-order valence-electron chi connectivity index (χ2n) is 5.27. The summed E-state index contributed by atoms with van der Waals surface area (Å²) in [5.74, 6) is 0.451. The summed E-state index contributed by atoms with van der Waals surface area (Å²) in [6, 6.07) is 15.6. The van der Waals surface area contributed by atoms with Crippen LogP contribution in [0.25, 0.3) is 20.1 Å². The standard InChI is InChI=1S/C18H13N3OS2/c1-11-5-4-10-19-16(11)21-17(22)14-8-9-15(23-14)18-20-12-6-2-3-7-13(12)24-18/h2-10H,1H3,(H,19,21,22). The Hall–Kier alpha value is -2.57. The molecule has 0 fully saturated rings. The first-order chi connectivity index (χ1) is 11.7. The summed E-state index contributed by atoms with van der Waals surface area (Å²) < 4.78 is 1.15. The first kappa shape index (κ1) is 15.0. The molecule has 0 aliphatic heterocycles. The Morgan fingerprint density at radius 3 is 2.75 bits per heavy atom. The quantitative estimate of drug-likeness (QED) is 0.566. The fourth-order valence-corrected chi connectivity index (χ4v) is 4.26. The summed E-state index contributed by atoms with van der Waals surface area (Å²) in [5, 5.41) is 3.80. The zero-order chi connectivity index (χ0) is 16.5. The molecule has 0 aliphatic carbocycles. The summed E-state index contributed by atoms with van der Waals surface area (Å²) in [4.78, 5) is 22.9. The van der Waals surface area contributed by atoms with Crippen molar-refractivity contribution in [2.45, 2.75) is 6.92 Å². The van der Waals surface area contributed by atoms with Gasteiger partial charge in [0.15, 0.2) is 0 Å². The number of nitrogens with zero attached hydrogens (tertiary/aromatic N) is 2. The molecule has 0 saturated heterocycles. The minimum Gasteiger partial charge on any atom is -0.306 e. The molecule has 0 saturated carbocycles. The highest BCUT2D eigenvalue weighted by atomic mass is 32.1. The topological polar surface area (TPSA) is 54.9 Å². The van der Waals surface area contributed by atoms with Crippen LogP contribution in [-0.4, -0.2) is 15.9 Å². The Kier molecular flexibility index (Phi) is 3.84. The molecule has 3 aromatic heterocycles. The van der Waals surface area contributed by atoms with Crippen molar-refractivity contribution in [1.29, 1.82) is 0 Å². The van der Waals surface area contributed by atoms with E-state index in [0.29, 0.717) is 10.7 Å². The predicted octanol–water partition coefficient (Wildman–Crippen LogP) is 4.98. The number of pyridine rings is 1. The minimum absolute atomic E-state index is 0.144. The van der Waals surface area contributed by atoms with Gasteiger partial charge in [-0.3, -0.25) is 4.79 Å². The molecular weight excluding hydrogens is 338 g/mol. The van der Waals surface area contributed by atoms with Crippen LogP contribution in [0, 0.1) is 6.92 Å². The van der Waals surface area contributed by atoms with Gasteiger partial charge in [0.25, 0.3) is 5.91 Å². The third-order valence-electron chi connectivity index (χ3n) is 3.58. The number of carbonyl (C=O) groups is 1. The molecule has 1 aromatic carbocycles. The lowest BCUT2D eigenvalue weighted by atomic mass is 10.3. The molecular formula is C18H13N3OS2. The fraction of sp³-hybridized carbons (Fsp3) is 0.0556. The van der Waals surface area contributed by atoms with E-state index in [4.69, 9.17) is 0 Å². The molecule has 4 rings (SSSR count). The van der Waals surface area contributed by atoms with Crippen molar-refractivity contribution in [1.82, 2.24) is 9.97 Å². The zero-order valence-electron chi connectivity index (χ0n) is 12.8. The molecule has 4 aromatic rings. The van der Waals surface area contributed by atoms with Gasteiger partial charge in [0.1, 0.15) is 10.8 Å². The highest BCUT2D eigenvalue weighted by Gasteiger charge is 2.14. The molecule has 0 radical (unpaired) electrons. The van der Waals surface area contributed by atoms with Gasteiger partial charge < -0.3 is 5.32 Å². The highest BCUT2D eigenvalue weighted by molar-refractivity contribution is 7.26. The van der Waals surface area contributed by atoms with Crippen molar-refractivity contribution in [3.63, 3.8) is 0 Å². The second kappa shape index (κ2) is 6.14. The van der Waals surface area contributed by atoms with Crippen LogP contribution in [-0.2, 0) is 0 Å². The van der Waals surface area contributed by atoms with Crippen molar-refractivity contribution in [2.24, 2.45) is 0 Å². The second-order valence-corrected chi connectivity index (χ2v) is 7.39. The van der Waals surface area contributed by atoms with E-state index in [0.717, 1.165) is 25.7 Å². The van der Waals surface area contributed by atoms with E-state index >= 15 is 0 Å². The van der Waals surface area contributed by atoms with Crippen molar-refractivity contribution in [2.75, 3.05) is 5.32 Å². The van der Waals surface area contributed by atoms with E-state index in [1.54, 1.807) is 17.5 Å². The molecule has 6 heteroatoms. The van der Waals surface area contributed by atoms with Crippen LogP contribution >= 0.6 is 22.7 Å². The fourth-order valence-electron chi connectivity index (χ4n) is 2.34. The molecule has 118 valence electrons. The number of thiophene rings is 1. The molecule has 24 heavy (non-hydrogen) atoms. The van der Waals surface area contributed by atoms with E-state index in [1.807, 2.05) is 49.4 Å². The van der Waals surface area contributed by atoms with Crippen molar-refractivity contribution in [3.8, 4) is 9.88 Å². The van der Waals surface area contributed by atoms with Crippen LogP contribution in [0.4, 0.5) is 5.82 Å². The first-order valence-corrected chi connectivity index (χ1v) is 9.03. The number of fused-ring (bicyclic) bond motifs is 1. The Balaban J connectivity index is 1.60. The van der Waals surface area contributed by atoms with E-state index in [1.165, 1.54) is 11.3 Å². The molecule has 1 amide bonds. The van der Waals surface area contributed by atoms with Gasteiger partial charge in [-0.2, -0.15) is 0 Å². The van der Waals surface area contributed by atoms with Crippen LogP contribution in [0.2, 0.25) is 0 Å². The Labute approximate surface area is 146 Å². The number of nitrogens with one attached hydrogen (secondary N) is 1. The van der Waals surface area contributed by atoms with Crippen LogP contribution in [0.5, 0.6) is 0 Å². The van der Waals surface area contributed by atoms with Crippen LogP contribution in [0.1, 0.15) is 15.2 Å². The summed E-state index contributed by atoms with van der Waals surface area (Å²) >= 11 is 3.08. The van der Waals surface area contributed by atoms with Crippen LogP contribution < -0.4 is 5.32 Å². The molecule has 0 spiro atoms. The van der Waals surface area contributed by atoms with Gasteiger partial charge in [0.2, 0.25) is 0 Å². The summed E-state index contributed by atoms with van der Waals surface area (Å²) in [6.45, 7) is 1.92. The van der Waals surface area contributed by atoms with Crippen molar-refractivity contribution in [3.05, 3.63) is 65.2 Å². The van der Waals surface area contributed by atoms with Crippen molar-refractivity contribution >= 4 is 44.6 Å². The minimum atomic E-state index is -0.144. The molecule has 3 heterocycles. The maximum absolute atomic E-state index is 12.4. The summed E-state index contributed by atoms with van der Waals surface area (Å²) in [6.07, 6.45) is 1.67. The van der Waals surface area contributed by atoms with Gasteiger partial charge >= 0.3 is 0 Å². The number of anilines is 1. The van der Waals surface area contributed by atoms with Gasteiger partial charge in [-0.05, 0) is 42.8 Å². The zero-order valence-corrected chi connectivity index (χ0v) is 14.4. The van der Waals surface area contributed by atoms with E-state index < -0.39 is 0 Å². The number of aromatic nitrogens is 2. The number of hydrogen-bond acceptors (Lipinski definition) is 5. The number of para-hydroxylation sites is 1. The smallest absolute Gasteiger partial charge is 0.266 e. The van der Waals surface area contributed by atoms with E-state index in [2.05, 4.69) is 21.4 Å².